The fraction of sp³-hybridized carbons (Fsp3) is 0.316. The molecule has 2 heterocycles. The van der Waals surface area contributed by atoms with Crippen molar-refractivity contribution in [2.24, 2.45) is 0 Å². The van der Waals surface area contributed by atoms with Gasteiger partial charge in [-0.1, -0.05) is 18.2 Å². The van der Waals surface area contributed by atoms with Crippen LogP contribution in [0.25, 0.3) is 5.65 Å². The quantitative estimate of drug-likeness (QED) is 0.551. The molecule has 4 rings (SSSR count). The topological polar surface area (TPSA) is 104 Å². The van der Waals surface area contributed by atoms with Gasteiger partial charge < -0.3 is 21.1 Å². The Morgan fingerprint density at radius 2 is 1.85 bits per heavy atom. The predicted octanol–water partition coefficient (Wildman–Crippen LogP) is 3.46. The summed E-state index contributed by atoms with van der Waals surface area (Å²) in [5.41, 5.74) is 2.63. The Hall–Kier alpha value is -3.29. The van der Waals surface area contributed by atoms with Crippen molar-refractivity contribution in [2.75, 3.05) is 10.6 Å². The molecular weight excluding hydrogens is 344 g/mol. The maximum atomic E-state index is 10.8. The highest BCUT2D eigenvalue weighted by atomic mass is 16.4. The first-order valence-electron chi connectivity index (χ1n) is 9.10. The molecule has 1 amide bonds. The smallest absolute Gasteiger partial charge is 0.404 e. The summed E-state index contributed by atoms with van der Waals surface area (Å²) < 4.78 is 1.76. The van der Waals surface area contributed by atoms with E-state index in [4.69, 9.17) is 5.11 Å². The zero-order chi connectivity index (χ0) is 18.6. The Balaban J connectivity index is 1.49. The van der Waals surface area contributed by atoms with Crippen LogP contribution < -0.4 is 16.0 Å². The number of fused-ring (bicyclic) bond motifs is 1. The molecule has 0 atom stereocenters. The minimum absolute atomic E-state index is 0.0416. The summed E-state index contributed by atoms with van der Waals surface area (Å²) in [6.07, 6.45) is 6.05. The number of nitrogens with zero attached hydrogens (tertiary/aromatic N) is 3. The zero-order valence-electron chi connectivity index (χ0n) is 14.8. The van der Waals surface area contributed by atoms with Crippen LogP contribution in [0.15, 0.2) is 48.8 Å². The van der Waals surface area contributed by atoms with Crippen molar-refractivity contribution in [1.82, 2.24) is 19.9 Å². The third kappa shape index (κ3) is 4.11. The molecule has 0 aliphatic heterocycles. The van der Waals surface area contributed by atoms with Gasteiger partial charge in [0.15, 0.2) is 5.65 Å². The third-order valence-electron chi connectivity index (χ3n) is 4.82. The van der Waals surface area contributed by atoms with Crippen molar-refractivity contribution in [2.45, 2.75) is 37.8 Å². The molecular formula is C19H22N6O2. The number of carbonyl (C=O) groups is 1. The molecule has 4 N–H and O–H groups in total. The minimum atomic E-state index is -0.949. The Labute approximate surface area is 156 Å². The van der Waals surface area contributed by atoms with Crippen LogP contribution >= 0.6 is 0 Å². The molecule has 1 saturated carbocycles. The molecule has 1 aliphatic carbocycles. The van der Waals surface area contributed by atoms with Gasteiger partial charge >= 0.3 is 6.09 Å². The highest BCUT2D eigenvalue weighted by Gasteiger charge is 2.22. The van der Waals surface area contributed by atoms with E-state index in [2.05, 4.69) is 26.0 Å². The van der Waals surface area contributed by atoms with Gasteiger partial charge in [0.1, 0.15) is 5.82 Å². The molecule has 1 fully saturated rings. The molecule has 8 heteroatoms. The highest BCUT2D eigenvalue weighted by molar-refractivity contribution is 5.75. The predicted molar refractivity (Wildman–Crippen MR) is 104 cm³/mol. The standard InChI is InChI=1S/C19H22N6O2/c26-19(27)23-15-8-6-14(7-9-15)22-17-12-16(18-20-10-11-25(18)24-17)21-13-4-2-1-3-5-13/h1-5,10-12,14-15,21,23H,6-9H2,(H,22,24)(H,26,27)/t14-,15-. The monoisotopic (exact) mass is 366 g/mol. The van der Waals surface area contributed by atoms with Crippen LogP contribution in [0.3, 0.4) is 0 Å². The second-order valence-electron chi connectivity index (χ2n) is 6.77. The van der Waals surface area contributed by atoms with E-state index in [9.17, 15) is 4.79 Å². The molecule has 0 bridgehead atoms. The number of para-hydroxylation sites is 1. The van der Waals surface area contributed by atoms with Gasteiger partial charge in [-0.3, -0.25) is 0 Å². The van der Waals surface area contributed by atoms with Crippen LogP contribution in [0.2, 0.25) is 0 Å². The number of carboxylic acid groups (broad SMARTS) is 1. The highest BCUT2D eigenvalue weighted by Crippen LogP contribution is 2.26. The van der Waals surface area contributed by atoms with Gasteiger partial charge in [-0.15, -0.1) is 5.10 Å². The largest absolute Gasteiger partial charge is 0.465 e. The fourth-order valence-electron chi connectivity index (χ4n) is 3.52. The van der Waals surface area contributed by atoms with Gasteiger partial charge in [0, 0.05) is 36.2 Å². The van der Waals surface area contributed by atoms with Crippen LogP contribution in [0, 0.1) is 0 Å². The van der Waals surface area contributed by atoms with Crippen LogP contribution in [0.1, 0.15) is 25.7 Å². The lowest BCUT2D eigenvalue weighted by molar-refractivity contribution is 0.185. The molecule has 0 saturated heterocycles. The van der Waals surface area contributed by atoms with Crippen LogP contribution in [-0.2, 0) is 0 Å². The van der Waals surface area contributed by atoms with Crippen LogP contribution in [0.5, 0.6) is 0 Å². The van der Waals surface area contributed by atoms with E-state index in [0.717, 1.165) is 48.5 Å². The number of amides is 1. The first-order valence-corrected chi connectivity index (χ1v) is 9.10. The van der Waals surface area contributed by atoms with Crippen molar-refractivity contribution in [3.05, 3.63) is 48.8 Å². The van der Waals surface area contributed by atoms with Gasteiger partial charge in [-0.2, -0.15) is 0 Å². The summed E-state index contributed by atoms with van der Waals surface area (Å²) in [4.78, 5) is 15.2. The molecule has 8 nitrogen and oxygen atoms in total. The summed E-state index contributed by atoms with van der Waals surface area (Å²) in [7, 11) is 0. The van der Waals surface area contributed by atoms with E-state index in [-0.39, 0.29) is 12.1 Å². The summed E-state index contributed by atoms with van der Waals surface area (Å²) in [6, 6.07) is 12.2. The summed E-state index contributed by atoms with van der Waals surface area (Å²) in [5.74, 6) is 0.772. The van der Waals surface area contributed by atoms with Crippen molar-refractivity contribution in [3.63, 3.8) is 0 Å². The second kappa shape index (κ2) is 7.53. The molecule has 1 aromatic carbocycles. The van der Waals surface area contributed by atoms with E-state index in [0.29, 0.717) is 0 Å². The Kier molecular flexibility index (Phi) is 4.78. The summed E-state index contributed by atoms with van der Waals surface area (Å²) >= 11 is 0. The molecule has 0 spiro atoms. The summed E-state index contributed by atoms with van der Waals surface area (Å²) in [6.45, 7) is 0. The van der Waals surface area contributed by atoms with E-state index in [1.807, 2.05) is 42.6 Å². The summed E-state index contributed by atoms with van der Waals surface area (Å²) in [5, 5.41) is 22.9. The first kappa shape index (κ1) is 17.1. The number of benzene rings is 1. The Morgan fingerprint density at radius 1 is 1.11 bits per heavy atom. The van der Waals surface area contributed by atoms with Crippen molar-refractivity contribution >= 4 is 28.9 Å². The first-order chi connectivity index (χ1) is 13.2. The van der Waals surface area contributed by atoms with Gasteiger partial charge in [0.05, 0.1) is 5.69 Å². The lowest BCUT2D eigenvalue weighted by atomic mass is 9.91. The van der Waals surface area contributed by atoms with Crippen molar-refractivity contribution < 1.29 is 9.90 Å². The van der Waals surface area contributed by atoms with E-state index in [1.165, 1.54) is 0 Å². The molecule has 2 aromatic heterocycles. The fourth-order valence-corrected chi connectivity index (χ4v) is 3.52. The number of anilines is 3. The van der Waals surface area contributed by atoms with E-state index < -0.39 is 6.09 Å². The normalized spacial score (nSPS) is 19.6. The van der Waals surface area contributed by atoms with Crippen LogP contribution in [-0.4, -0.2) is 37.9 Å². The third-order valence-corrected chi connectivity index (χ3v) is 4.82. The number of rotatable bonds is 5. The number of hydrogen-bond acceptors (Lipinski definition) is 5. The van der Waals surface area contributed by atoms with E-state index in [1.54, 1.807) is 10.7 Å². The molecule has 1 aliphatic rings. The minimum Gasteiger partial charge on any atom is -0.465 e. The second-order valence-corrected chi connectivity index (χ2v) is 6.77. The molecule has 3 aromatic rings. The SMILES string of the molecule is O=C(O)N[C@H]1CC[C@H](Nc2cc(Nc3ccccc3)c3nccn3n2)CC1. The number of nitrogens with one attached hydrogen (secondary N) is 3. The number of hydrogen-bond donors (Lipinski definition) is 4. The van der Waals surface area contributed by atoms with Gasteiger partial charge in [-0.25, -0.2) is 14.3 Å². The van der Waals surface area contributed by atoms with Crippen LogP contribution in [0.4, 0.5) is 22.0 Å². The molecule has 0 unspecified atom stereocenters. The Morgan fingerprint density at radius 3 is 2.59 bits per heavy atom. The average Bonchev–Trinajstić information content (AvgIpc) is 3.13. The number of aromatic nitrogens is 3. The van der Waals surface area contributed by atoms with Gasteiger partial charge in [0.2, 0.25) is 0 Å². The lowest BCUT2D eigenvalue weighted by Crippen LogP contribution is -2.39. The molecule has 27 heavy (non-hydrogen) atoms. The maximum Gasteiger partial charge on any atom is 0.404 e. The number of imidazole rings is 1. The molecule has 140 valence electrons. The zero-order valence-corrected chi connectivity index (χ0v) is 14.8. The van der Waals surface area contributed by atoms with Gasteiger partial charge in [0.25, 0.3) is 0 Å². The maximum absolute atomic E-state index is 10.8. The Bertz CT molecular complexity index is 918. The molecule has 0 radical (unpaired) electrons. The van der Waals surface area contributed by atoms with Crippen molar-refractivity contribution in [3.8, 4) is 0 Å². The van der Waals surface area contributed by atoms with Crippen molar-refractivity contribution in [1.29, 1.82) is 0 Å². The van der Waals surface area contributed by atoms with E-state index >= 15 is 0 Å². The lowest BCUT2D eigenvalue weighted by Gasteiger charge is -2.29. The van der Waals surface area contributed by atoms with Gasteiger partial charge in [-0.05, 0) is 37.8 Å². The average molecular weight is 366 g/mol.